The Morgan fingerprint density at radius 3 is 2.59 bits per heavy atom. The van der Waals surface area contributed by atoms with Gasteiger partial charge < -0.3 is 9.64 Å². The molecular formula is C26H27N3O3. The van der Waals surface area contributed by atoms with Gasteiger partial charge in [0.25, 0.3) is 5.91 Å². The molecule has 1 aliphatic rings. The van der Waals surface area contributed by atoms with Gasteiger partial charge in [0.1, 0.15) is 0 Å². The first-order chi connectivity index (χ1) is 15.4. The Balaban J connectivity index is 1.36. The van der Waals surface area contributed by atoms with Crippen molar-refractivity contribution in [2.75, 3.05) is 18.1 Å². The largest absolute Gasteiger partial charge is 0.452 e. The summed E-state index contributed by atoms with van der Waals surface area (Å²) < 4.78 is 7.13. The van der Waals surface area contributed by atoms with Crippen LogP contribution in [0.1, 0.15) is 33.6 Å². The van der Waals surface area contributed by atoms with Crippen LogP contribution in [0.4, 0.5) is 5.69 Å². The monoisotopic (exact) mass is 429 g/mol. The summed E-state index contributed by atoms with van der Waals surface area (Å²) in [4.78, 5) is 26.4. The van der Waals surface area contributed by atoms with E-state index in [1.54, 1.807) is 11.0 Å². The number of para-hydroxylation sites is 1. The Bertz CT molecular complexity index is 1180. The minimum atomic E-state index is -0.545. The molecule has 6 heteroatoms. The molecule has 4 rings (SSSR count). The predicted molar refractivity (Wildman–Crippen MR) is 124 cm³/mol. The van der Waals surface area contributed by atoms with Crippen LogP contribution in [0, 0.1) is 20.8 Å². The number of fused-ring (bicyclic) bond motifs is 1. The lowest BCUT2D eigenvalue weighted by Crippen LogP contribution is -2.33. The van der Waals surface area contributed by atoms with E-state index in [9.17, 15) is 9.59 Å². The highest BCUT2D eigenvalue weighted by molar-refractivity contribution is 5.98. The lowest BCUT2D eigenvalue weighted by atomic mass is 10.1. The van der Waals surface area contributed by atoms with E-state index in [1.165, 1.54) is 11.6 Å². The number of aryl methyl sites for hydroxylation is 2. The van der Waals surface area contributed by atoms with Crippen LogP contribution < -0.4 is 4.90 Å². The summed E-state index contributed by atoms with van der Waals surface area (Å²) in [7, 11) is 0. The first-order valence-electron chi connectivity index (χ1n) is 10.7. The Hall–Kier alpha value is -3.67. The number of ether oxygens (including phenoxy) is 1. The van der Waals surface area contributed by atoms with Gasteiger partial charge in [0.05, 0.1) is 12.2 Å². The van der Waals surface area contributed by atoms with Crippen molar-refractivity contribution in [3.8, 4) is 0 Å². The third kappa shape index (κ3) is 4.64. The molecule has 0 saturated heterocycles. The van der Waals surface area contributed by atoms with Gasteiger partial charge in [0.15, 0.2) is 6.61 Å². The van der Waals surface area contributed by atoms with Gasteiger partial charge in [-0.25, -0.2) is 4.79 Å². The quantitative estimate of drug-likeness (QED) is 0.439. The third-order valence-corrected chi connectivity index (χ3v) is 5.80. The number of nitrogens with zero attached hydrogens (tertiary/aromatic N) is 3. The standard InChI is InChI=1S/C26H27N3O3/c1-18-8-10-21(11-9-18)16-29-20(3)23(19(2)27-29)12-13-26(31)32-17-25(30)28-15-14-22-6-4-5-7-24(22)28/h4-13H,14-17H2,1-3H3/b13-12+. The highest BCUT2D eigenvalue weighted by atomic mass is 16.5. The number of hydrogen-bond acceptors (Lipinski definition) is 4. The Morgan fingerprint density at radius 2 is 1.81 bits per heavy atom. The third-order valence-electron chi connectivity index (χ3n) is 5.80. The number of anilines is 1. The minimum absolute atomic E-state index is 0.213. The molecule has 0 fully saturated rings. The normalized spacial score (nSPS) is 12.9. The zero-order chi connectivity index (χ0) is 22.7. The Morgan fingerprint density at radius 1 is 1.06 bits per heavy atom. The maximum Gasteiger partial charge on any atom is 0.331 e. The summed E-state index contributed by atoms with van der Waals surface area (Å²) >= 11 is 0. The van der Waals surface area contributed by atoms with Crippen LogP contribution in [-0.2, 0) is 27.3 Å². The molecule has 0 bridgehead atoms. The van der Waals surface area contributed by atoms with Crippen LogP contribution in [0.5, 0.6) is 0 Å². The topological polar surface area (TPSA) is 64.4 Å². The molecule has 1 aliphatic heterocycles. The van der Waals surface area contributed by atoms with E-state index < -0.39 is 5.97 Å². The SMILES string of the molecule is Cc1ccc(Cn2nc(C)c(/C=C/C(=O)OCC(=O)N3CCc4ccccc43)c2C)cc1. The number of rotatable bonds is 6. The summed E-state index contributed by atoms with van der Waals surface area (Å²) in [5, 5.41) is 4.61. The van der Waals surface area contributed by atoms with Crippen molar-refractivity contribution in [3.05, 3.63) is 88.2 Å². The number of esters is 1. The van der Waals surface area contributed by atoms with Crippen LogP contribution in [0.25, 0.3) is 6.08 Å². The highest BCUT2D eigenvalue weighted by Gasteiger charge is 2.24. The molecule has 32 heavy (non-hydrogen) atoms. The molecular weight excluding hydrogens is 402 g/mol. The highest BCUT2D eigenvalue weighted by Crippen LogP contribution is 2.27. The van der Waals surface area contributed by atoms with E-state index in [2.05, 4.69) is 36.3 Å². The van der Waals surface area contributed by atoms with Crippen LogP contribution in [0.2, 0.25) is 0 Å². The fourth-order valence-corrected chi connectivity index (χ4v) is 3.98. The first-order valence-corrected chi connectivity index (χ1v) is 10.7. The fraction of sp³-hybridized carbons (Fsp3) is 0.269. The summed E-state index contributed by atoms with van der Waals surface area (Å²) in [5.74, 6) is -0.758. The van der Waals surface area contributed by atoms with E-state index in [1.807, 2.05) is 42.8 Å². The number of carbonyl (C=O) groups excluding carboxylic acids is 2. The van der Waals surface area contributed by atoms with Gasteiger partial charge in [-0.3, -0.25) is 9.48 Å². The average molecular weight is 430 g/mol. The fourth-order valence-electron chi connectivity index (χ4n) is 3.98. The number of aromatic nitrogens is 2. The molecule has 6 nitrogen and oxygen atoms in total. The molecule has 0 spiro atoms. The number of benzene rings is 2. The Labute approximate surface area is 188 Å². The number of carbonyl (C=O) groups is 2. The van der Waals surface area contributed by atoms with Gasteiger partial charge in [-0.2, -0.15) is 5.10 Å². The Kier molecular flexibility index (Phi) is 6.21. The van der Waals surface area contributed by atoms with E-state index in [4.69, 9.17) is 4.74 Å². The van der Waals surface area contributed by atoms with Crippen LogP contribution in [0.15, 0.2) is 54.6 Å². The van der Waals surface area contributed by atoms with E-state index in [0.717, 1.165) is 40.2 Å². The zero-order valence-corrected chi connectivity index (χ0v) is 18.7. The van der Waals surface area contributed by atoms with Gasteiger partial charge in [0.2, 0.25) is 0 Å². The van der Waals surface area contributed by atoms with Gasteiger partial charge >= 0.3 is 5.97 Å². The smallest absolute Gasteiger partial charge is 0.331 e. The second-order valence-electron chi connectivity index (χ2n) is 8.09. The molecule has 3 aromatic rings. The maximum atomic E-state index is 12.5. The average Bonchev–Trinajstić information content (AvgIpc) is 3.33. The van der Waals surface area contributed by atoms with Gasteiger partial charge in [-0.05, 0) is 50.5 Å². The maximum absolute atomic E-state index is 12.5. The molecule has 2 aromatic carbocycles. The van der Waals surface area contributed by atoms with Crippen molar-refractivity contribution in [2.24, 2.45) is 0 Å². The van der Waals surface area contributed by atoms with Gasteiger partial charge in [0, 0.05) is 29.6 Å². The van der Waals surface area contributed by atoms with Crippen molar-refractivity contribution in [1.82, 2.24) is 9.78 Å². The molecule has 0 atom stereocenters. The summed E-state index contributed by atoms with van der Waals surface area (Å²) in [6, 6.07) is 16.2. The van der Waals surface area contributed by atoms with Crippen molar-refractivity contribution >= 4 is 23.6 Å². The molecule has 164 valence electrons. The second-order valence-corrected chi connectivity index (χ2v) is 8.09. The van der Waals surface area contributed by atoms with E-state index in [-0.39, 0.29) is 12.5 Å². The van der Waals surface area contributed by atoms with Gasteiger partial charge in [-0.1, -0.05) is 48.0 Å². The molecule has 1 aromatic heterocycles. The summed E-state index contributed by atoms with van der Waals surface area (Å²) in [6.07, 6.45) is 3.89. The van der Waals surface area contributed by atoms with E-state index >= 15 is 0 Å². The zero-order valence-electron chi connectivity index (χ0n) is 18.7. The van der Waals surface area contributed by atoms with Crippen LogP contribution in [-0.4, -0.2) is 34.8 Å². The van der Waals surface area contributed by atoms with Gasteiger partial charge in [-0.15, -0.1) is 0 Å². The van der Waals surface area contributed by atoms with Crippen LogP contribution >= 0.6 is 0 Å². The molecule has 0 aliphatic carbocycles. The van der Waals surface area contributed by atoms with Crippen molar-refractivity contribution in [2.45, 2.75) is 33.7 Å². The number of amides is 1. The molecule has 0 N–H and O–H groups in total. The lowest BCUT2D eigenvalue weighted by Gasteiger charge is -2.16. The predicted octanol–water partition coefficient (Wildman–Crippen LogP) is 4.00. The second kappa shape index (κ2) is 9.22. The minimum Gasteiger partial charge on any atom is -0.452 e. The molecule has 0 unspecified atom stereocenters. The molecule has 0 radical (unpaired) electrons. The lowest BCUT2D eigenvalue weighted by molar-refractivity contribution is -0.142. The van der Waals surface area contributed by atoms with E-state index in [0.29, 0.717) is 13.1 Å². The van der Waals surface area contributed by atoms with Crippen LogP contribution in [0.3, 0.4) is 0 Å². The summed E-state index contributed by atoms with van der Waals surface area (Å²) in [6.45, 7) is 6.96. The molecule has 1 amide bonds. The molecule has 2 heterocycles. The van der Waals surface area contributed by atoms with Crippen molar-refractivity contribution in [1.29, 1.82) is 0 Å². The van der Waals surface area contributed by atoms with Crippen molar-refractivity contribution in [3.63, 3.8) is 0 Å². The van der Waals surface area contributed by atoms with Crippen molar-refractivity contribution < 1.29 is 14.3 Å². The number of hydrogen-bond donors (Lipinski definition) is 0. The molecule has 0 saturated carbocycles. The first kappa shape index (κ1) is 21.6. The summed E-state index contributed by atoms with van der Waals surface area (Å²) in [5.41, 5.74) is 7.11.